The van der Waals surface area contributed by atoms with Crippen LogP contribution in [0.5, 0.6) is 0 Å². The zero-order valence-electron chi connectivity index (χ0n) is 11.5. The van der Waals surface area contributed by atoms with E-state index in [1.165, 1.54) is 24.0 Å². The highest BCUT2D eigenvalue weighted by atomic mass is 16.5. The van der Waals surface area contributed by atoms with E-state index in [9.17, 15) is 0 Å². The summed E-state index contributed by atoms with van der Waals surface area (Å²) in [5.41, 5.74) is 3.00. The number of H-pyrrole nitrogens is 1. The average molecular weight is 269 g/mol. The van der Waals surface area contributed by atoms with Crippen LogP contribution in [0.15, 0.2) is 24.3 Å². The van der Waals surface area contributed by atoms with Gasteiger partial charge in [0, 0.05) is 18.9 Å². The molecule has 1 N–H and O–H groups in total. The number of hydrogen-bond acceptors (Lipinski definition) is 3. The molecular weight excluding hydrogens is 250 g/mol. The lowest BCUT2D eigenvalue weighted by atomic mass is 10.0. The fraction of sp³-hybridized carbons (Fsp3) is 0.500. The van der Waals surface area contributed by atoms with Crippen molar-refractivity contribution in [1.29, 1.82) is 0 Å². The second-order valence-corrected chi connectivity index (χ2v) is 5.95. The van der Waals surface area contributed by atoms with Crippen LogP contribution in [-0.4, -0.2) is 28.4 Å². The van der Waals surface area contributed by atoms with E-state index in [-0.39, 0.29) is 0 Å². The summed E-state index contributed by atoms with van der Waals surface area (Å²) in [6.45, 7) is 1.61. The first-order valence-electron chi connectivity index (χ1n) is 7.44. The van der Waals surface area contributed by atoms with Gasteiger partial charge >= 0.3 is 0 Å². The maximum absolute atomic E-state index is 5.40. The molecule has 0 saturated carbocycles. The predicted molar refractivity (Wildman–Crippen MR) is 75.6 cm³/mol. The molecule has 0 amide bonds. The van der Waals surface area contributed by atoms with Crippen molar-refractivity contribution in [2.24, 2.45) is 5.92 Å². The van der Waals surface area contributed by atoms with E-state index in [1.54, 1.807) is 0 Å². The van der Waals surface area contributed by atoms with Gasteiger partial charge in [-0.3, -0.25) is 5.10 Å². The Labute approximate surface area is 118 Å². The fourth-order valence-electron chi connectivity index (χ4n) is 3.39. The largest absolute Gasteiger partial charge is 0.381 e. The molecular formula is C16H19N3O. The summed E-state index contributed by atoms with van der Waals surface area (Å²) in [6, 6.07) is 8.76. The van der Waals surface area contributed by atoms with Crippen LogP contribution < -0.4 is 0 Å². The first-order valence-corrected chi connectivity index (χ1v) is 7.44. The minimum Gasteiger partial charge on any atom is -0.381 e. The summed E-state index contributed by atoms with van der Waals surface area (Å²) in [5.74, 6) is 3.02. The number of benzene rings is 1. The summed E-state index contributed by atoms with van der Waals surface area (Å²) in [5, 5.41) is 7.49. The van der Waals surface area contributed by atoms with Gasteiger partial charge in [0.15, 0.2) is 5.82 Å². The maximum Gasteiger partial charge on any atom is 0.156 e. The Hall–Kier alpha value is -1.68. The van der Waals surface area contributed by atoms with Gasteiger partial charge < -0.3 is 4.74 Å². The van der Waals surface area contributed by atoms with Crippen LogP contribution in [0.25, 0.3) is 0 Å². The van der Waals surface area contributed by atoms with Crippen molar-refractivity contribution in [2.75, 3.05) is 13.2 Å². The highest BCUT2D eigenvalue weighted by Crippen LogP contribution is 2.29. The number of ether oxygens (including phenoxy) is 1. The molecule has 1 atom stereocenters. The first-order chi connectivity index (χ1) is 9.88. The number of hydrogen-bond donors (Lipinski definition) is 1. The Morgan fingerprint density at radius 2 is 2.00 bits per heavy atom. The SMILES string of the molecule is c1ccc2c(c1)CC(Cc1nc([C@H]3CCOC3)n[nH]1)C2. The molecule has 0 spiro atoms. The van der Waals surface area contributed by atoms with Gasteiger partial charge in [0.05, 0.1) is 6.61 Å². The molecule has 104 valence electrons. The fourth-order valence-corrected chi connectivity index (χ4v) is 3.39. The zero-order valence-corrected chi connectivity index (χ0v) is 11.5. The standard InChI is InChI=1S/C16H19N3O/c1-2-4-13-8-11(7-12(13)3-1)9-15-17-16(19-18-15)14-5-6-20-10-14/h1-4,11,14H,5-10H2,(H,17,18,19)/t14-/m0/s1. The normalized spacial score (nSPS) is 22.3. The lowest BCUT2D eigenvalue weighted by Crippen LogP contribution is -2.06. The third-order valence-electron chi connectivity index (χ3n) is 4.46. The molecule has 0 bridgehead atoms. The van der Waals surface area contributed by atoms with Gasteiger partial charge in [0.1, 0.15) is 5.82 Å². The van der Waals surface area contributed by atoms with Gasteiger partial charge in [-0.1, -0.05) is 24.3 Å². The lowest BCUT2D eigenvalue weighted by molar-refractivity contribution is 0.193. The molecule has 1 aromatic heterocycles. The smallest absolute Gasteiger partial charge is 0.156 e. The molecule has 0 unspecified atom stereocenters. The van der Waals surface area contributed by atoms with Gasteiger partial charge in [-0.25, -0.2) is 4.98 Å². The summed E-state index contributed by atoms with van der Waals surface area (Å²) in [4.78, 5) is 4.67. The minimum atomic E-state index is 0.390. The quantitative estimate of drug-likeness (QED) is 0.930. The number of nitrogens with one attached hydrogen (secondary N) is 1. The molecule has 2 aromatic rings. The number of nitrogens with zero attached hydrogens (tertiary/aromatic N) is 2. The molecule has 1 saturated heterocycles. The van der Waals surface area contributed by atoms with Crippen molar-refractivity contribution in [2.45, 2.75) is 31.6 Å². The Morgan fingerprint density at radius 1 is 1.20 bits per heavy atom. The van der Waals surface area contributed by atoms with Gasteiger partial charge in [-0.2, -0.15) is 5.10 Å². The van der Waals surface area contributed by atoms with Crippen molar-refractivity contribution in [1.82, 2.24) is 15.2 Å². The maximum atomic E-state index is 5.40. The van der Waals surface area contributed by atoms with Crippen molar-refractivity contribution >= 4 is 0 Å². The third kappa shape index (κ3) is 2.24. The molecule has 1 aliphatic heterocycles. The molecule has 2 heterocycles. The second kappa shape index (κ2) is 5.02. The van der Waals surface area contributed by atoms with E-state index in [0.29, 0.717) is 11.8 Å². The molecule has 2 aliphatic rings. The summed E-state index contributed by atoms with van der Waals surface area (Å²) in [6.07, 6.45) is 4.37. The van der Waals surface area contributed by atoms with Crippen molar-refractivity contribution in [3.63, 3.8) is 0 Å². The first kappa shape index (κ1) is 12.1. The van der Waals surface area contributed by atoms with Crippen LogP contribution in [0, 0.1) is 5.92 Å². The number of fused-ring (bicyclic) bond motifs is 1. The Kier molecular flexibility index (Phi) is 3.03. The summed E-state index contributed by atoms with van der Waals surface area (Å²) in [7, 11) is 0. The average Bonchev–Trinajstić information content (AvgIpc) is 3.18. The summed E-state index contributed by atoms with van der Waals surface area (Å²) < 4.78 is 5.40. The van der Waals surface area contributed by atoms with E-state index in [0.717, 1.165) is 37.7 Å². The van der Waals surface area contributed by atoms with E-state index < -0.39 is 0 Å². The number of rotatable bonds is 3. The van der Waals surface area contributed by atoms with Crippen LogP contribution in [0.4, 0.5) is 0 Å². The van der Waals surface area contributed by atoms with E-state index in [2.05, 4.69) is 39.4 Å². The predicted octanol–water partition coefficient (Wildman–Crippen LogP) is 2.27. The Balaban J connectivity index is 1.43. The van der Waals surface area contributed by atoms with Gasteiger partial charge in [0.25, 0.3) is 0 Å². The highest BCUT2D eigenvalue weighted by molar-refractivity contribution is 5.32. The van der Waals surface area contributed by atoms with Gasteiger partial charge in [-0.05, 0) is 36.3 Å². The van der Waals surface area contributed by atoms with Crippen LogP contribution in [0.1, 0.15) is 35.1 Å². The lowest BCUT2D eigenvalue weighted by Gasteiger charge is -2.05. The van der Waals surface area contributed by atoms with Crippen molar-refractivity contribution in [3.8, 4) is 0 Å². The summed E-state index contributed by atoms with van der Waals surface area (Å²) >= 11 is 0. The van der Waals surface area contributed by atoms with E-state index in [4.69, 9.17) is 4.74 Å². The van der Waals surface area contributed by atoms with Crippen molar-refractivity contribution in [3.05, 3.63) is 47.0 Å². The van der Waals surface area contributed by atoms with Crippen LogP contribution in [-0.2, 0) is 24.0 Å². The minimum absolute atomic E-state index is 0.390. The Morgan fingerprint density at radius 3 is 2.70 bits per heavy atom. The monoisotopic (exact) mass is 269 g/mol. The molecule has 1 aromatic carbocycles. The molecule has 4 nitrogen and oxygen atoms in total. The Bertz CT molecular complexity index is 576. The van der Waals surface area contributed by atoms with Crippen LogP contribution in [0.2, 0.25) is 0 Å². The van der Waals surface area contributed by atoms with E-state index >= 15 is 0 Å². The molecule has 1 fully saturated rings. The second-order valence-electron chi connectivity index (χ2n) is 5.95. The zero-order chi connectivity index (χ0) is 13.4. The van der Waals surface area contributed by atoms with Gasteiger partial charge in [-0.15, -0.1) is 0 Å². The number of aromatic amines is 1. The molecule has 0 radical (unpaired) electrons. The topological polar surface area (TPSA) is 50.8 Å². The molecule has 20 heavy (non-hydrogen) atoms. The van der Waals surface area contributed by atoms with Crippen LogP contribution >= 0.6 is 0 Å². The highest BCUT2D eigenvalue weighted by Gasteiger charge is 2.25. The number of aromatic nitrogens is 3. The van der Waals surface area contributed by atoms with Crippen molar-refractivity contribution < 1.29 is 4.74 Å². The van der Waals surface area contributed by atoms with Gasteiger partial charge in [0.2, 0.25) is 0 Å². The molecule has 4 heteroatoms. The molecule has 4 rings (SSSR count). The molecule has 1 aliphatic carbocycles. The van der Waals surface area contributed by atoms with E-state index in [1.807, 2.05) is 0 Å². The third-order valence-corrected chi connectivity index (χ3v) is 4.46. The van der Waals surface area contributed by atoms with Crippen LogP contribution in [0.3, 0.4) is 0 Å².